The van der Waals surface area contributed by atoms with Gasteiger partial charge in [-0.05, 0) is 26.8 Å². The van der Waals surface area contributed by atoms with Crippen LogP contribution in [0.25, 0.3) is 10.9 Å². The van der Waals surface area contributed by atoms with Gasteiger partial charge in [0.05, 0.1) is 5.52 Å². The molecule has 0 saturated carbocycles. The van der Waals surface area contributed by atoms with E-state index in [4.69, 9.17) is 4.74 Å². The molecule has 7 nitrogen and oxygen atoms in total. The number of ether oxygens (including phenoxy) is 1. The number of nitrogens with zero attached hydrogens (tertiary/aromatic N) is 1. The molecule has 0 fully saturated rings. The van der Waals surface area contributed by atoms with Crippen LogP contribution in [0.4, 0.5) is 4.79 Å². The molecule has 2 rings (SSSR count). The fourth-order valence-electron chi connectivity index (χ4n) is 1.88. The smallest absolute Gasteiger partial charge is 0.407 e. The van der Waals surface area contributed by atoms with Crippen molar-refractivity contribution in [1.82, 2.24) is 20.8 Å². The van der Waals surface area contributed by atoms with E-state index in [0.29, 0.717) is 12.2 Å². The fourth-order valence-corrected chi connectivity index (χ4v) is 1.88. The zero-order valence-electron chi connectivity index (χ0n) is 12.9. The average Bonchev–Trinajstić information content (AvgIpc) is 2.85. The summed E-state index contributed by atoms with van der Waals surface area (Å²) in [5, 5.41) is 12.9. The molecule has 1 aromatic heterocycles. The Hall–Kier alpha value is -2.57. The Labute approximate surface area is 128 Å². The quantitative estimate of drug-likeness (QED) is 0.751. The largest absolute Gasteiger partial charge is 0.444 e. The van der Waals surface area contributed by atoms with Gasteiger partial charge in [0.2, 0.25) is 0 Å². The van der Waals surface area contributed by atoms with Gasteiger partial charge in [0.15, 0.2) is 5.69 Å². The van der Waals surface area contributed by atoms with Crippen LogP contribution in [-0.4, -0.2) is 40.9 Å². The van der Waals surface area contributed by atoms with Crippen molar-refractivity contribution in [3.05, 3.63) is 30.0 Å². The van der Waals surface area contributed by atoms with Gasteiger partial charge in [-0.2, -0.15) is 5.10 Å². The highest BCUT2D eigenvalue weighted by Crippen LogP contribution is 2.14. The average molecular weight is 304 g/mol. The first-order valence-corrected chi connectivity index (χ1v) is 7.05. The summed E-state index contributed by atoms with van der Waals surface area (Å²) in [6.07, 6.45) is -0.507. The van der Waals surface area contributed by atoms with E-state index >= 15 is 0 Å². The Balaban J connectivity index is 1.80. The van der Waals surface area contributed by atoms with Gasteiger partial charge >= 0.3 is 6.09 Å². The molecule has 7 heteroatoms. The van der Waals surface area contributed by atoms with Gasteiger partial charge in [-0.1, -0.05) is 18.2 Å². The van der Waals surface area contributed by atoms with Crippen LogP contribution in [0.2, 0.25) is 0 Å². The number of nitrogens with one attached hydrogen (secondary N) is 3. The molecule has 0 bridgehead atoms. The summed E-state index contributed by atoms with van der Waals surface area (Å²) in [4.78, 5) is 23.5. The summed E-state index contributed by atoms with van der Waals surface area (Å²) in [5.41, 5.74) is 0.605. The Morgan fingerprint density at radius 1 is 1.18 bits per heavy atom. The molecule has 2 amide bonds. The number of aromatic amines is 1. The van der Waals surface area contributed by atoms with Crippen LogP contribution < -0.4 is 10.6 Å². The number of para-hydroxylation sites is 1. The molecule has 0 aliphatic rings. The van der Waals surface area contributed by atoms with Crippen molar-refractivity contribution >= 4 is 22.9 Å². The maximum absolute atomic E-state index is 12.1. The molecule has 1 heterocycles. The topological polar surface area (TPSA) is 96.1 Å². The van der Waals surface area contributed by atoms with Crippen LogP contribution in [0.1, 0.15) is 31.3 Å². The van der Waals surface area contributed by atoms with Crippen molar-refractivity contribution in [2.45, 2.75) is 26.4 Å². The number of fused-ring (bicyclic) bond motifs is 1. The molecule has 0 aliphatic carbocycles. The summed E-state index contributed by atoms with van der Waals surface area (Å²) in [7, 11) is 0. The van der Waals surface area contributed by atoms with Gasteiger partial charge in [0.25, 0.3) is 5.91 Å². The lowest BCUT2D eigenvalue weighted by molar-refractivity contribution is 0.0526. The Morgan fingerprint density at radius 2 is 1.86 bits per heavy atom. The Bertz CT molecular complexity index is 673. The lowest BCUT2D eigenvalue weighted by Gasteiger charge is -2.19. The SMILES string of the molecule is CC(C)(C)OC(=O)NCCNC(=O)c1n[nH]c2ccccc12. The number of rotatable bonds is 4. The minimum Gasteiger partial charge on any atom is -0.444 e. The predicted molar refractivity (Wildman–Crippen MR) is 82.7 cm³/mol. The van der Waals surface area contributed by atoms with Crippen LogP contribution in [0.5, 0.6) is 0 Å². The van der Waals surface area contributed by atoms with Crippen molar-refractivity contribution in [1.29, 1.82) is 0 Å². The monoisotopic (exact) mass is 304 g/mol. The minimum atomic E-state index is -0.540. The molecule has 0 atom stereocenters. The molecule has 2 aromatic rings. The predicted octanol–water partition coefficient (Wildman–Crippen LogP) is 1.82. The van der Waals surface area contributed by atoms with Crippen LogP contribution in [0.3, 0.4) is 0 Å². The van der Waals surface area contributed by atoms with Gasteiger partial charge in [0, 0.05) is 18.5 Å². The molecule has 0 radical (unpaired) electrons. The summed E-state index contributed by atoms with van der Waals surface area (Å²) in [6, 6.07) is 7.39. The number of alkyl carbamates (subject to hydrolysis) is 1. The number of hydrogen-bond donors (Lipinski definition) is 3. The number of H-pyrrole nitrogens is 1. The number of aromatic nitrogens is 2. The van der Waals surface area contributed by atoms with E-state index in [2.05, 4.69) is 20.8 Å². The Kier molecular flexibility index (Phi) is 4.65. The van der Waals surface area contributed by atoms with Gasteiger partial charge < -0.3 is 15.4 Å². The van der Waals surface area contributed by atoms with E-state index in [-0.39, 0.29) is 12.5 Å². The molecule has 0 aliphatic heterocycles. The molecule has 0 unspecified atom stereocenters. The molecule has 0 saturated heterocycles. The molecule has 0 spiro atoms. The van der Waals surface area contributed by atoms with Gasteiger partial charge in [-0.25, -0.2) is 4.79 Å². The first kappa shape index (κ1) is 15.8. The van der Waals surface area contributed by atoms with Crippen molar-refractivity contribution < 1.29 is 14.3 Å². The van der Waals surface area contributed by atoms with Crippen LogP contribution in [0.15, 0.2) is 24.3 Å². The van der Waals surface area contributed by atoms with Crippen molar-refractivity contribution in [3.63, 3.8) is 0 Å². The first-order valence-electron chi connectivity index (χ1n) is 7.05. The molecule has 22 heavy (non-hydrogen) atoms. The maximum atomic E-state index is 12.1. The minimum absolute atomic E-state index is 0.281. The Morgan fingerprint density at radius 3 is 2.59 bits per heavy atom. The van der Waals surface area contributed by atoms with Gasteiger partial charge in [-0.15, -0.1) is 0 Å². The van der Waals surface area contributed by atoms with E-state index in [1.165, 1.54) is 0 Å². The number of amides is 2. The highest BCUT2D eigenvalue weighted by Gasteiger charge is 2.16. The van der Waals surface area contributed by atoms with Gasteiger partial charge in [-0.3, -0.25) is 9.89 Å². The third-order valence-corrected chi connectivity index (χ3v) is 2.76. The van der Waals surface area contributed by atoms with Gasteiger partial charge in [0.1, 0.15) is 5.60 Å². The van der Waals surface area contributed by atoms with E-state index in [1.54, 1.807) is 20.8 Å². The molecule has 118 valence electrons. The lowest BCUT2D eigenvalue weighted by atomic mass is 10.2. The van der Waals surface area contributed by atoms with E-state index < -0.39 is 11.7 Å². The maximum Gasteiger partial charge on any atom is 0.407 e. The molecule has 1 aromatic carbocycles. The fraction of sp³-hybridized carbons (Fsp3) is 0.400. The second-order valence-electron chi connectivity index (χ2n) is 5.80. The highest BCUT2D eigenvalue weighted by molar-refractivity contribution is 6.04. The van der Waals surface area contributed by atoms with E-state index in [0.717, 1.165) is 10.9 Å². The number of hydrogen-bond acceptors (Lipinski definition) is 4. The number of carbonyl (C=O) groups excluding carboxylic acids is 2. The number of carbonyl (C=O) groups is 2. The standard InChI is InChI=1S/C15H20N4O3/c1-15(2,3)22-14(21)17-9-8-16-13(20)12-10-6-4-5-7-11(10)18-19-12/h4-7H,8-9H2,1-3H3,(H,16,20)(H,17,21)(H,18,19). The molecule has 3 N–H and O–H groups in total. The summed E-state index contributed by atoms with van der Waals surface area (Å²) >= 11 is 0. The second kappa shape index (κ2) is 6.46. The summed E-state index contributed by atoms with van der Waals surface area (Å²) < 4.78 is 5.09. The van der Waals surface area contributed by atoms with Crippen molar-refractivity contribution in [3.8, 4) is 0 Å². The normalized spacial score (nSPS) is 11.2. The zero-order chi connectivity index (χ0) is 16.2. The number of benzene rings is 1. The zero-order valence-corrected chi connectivity index (χ0v) is 12.9. The third kappa shape index (κ3) is 4.21. The summed E-state index contributed by atoms with van der Waals surface area (Å²) in [6.45, 7) is 5.94. The molecular weight excluding hydrogens is 284 g/mol. The summed E-state index contributed by atoms with van der Waals surface area (Å²) in [5.74, 6) is -0.288. The highest BCUT2D eigenvalue weighted by atomic mass is 16.6. The first-order chi connectivity index (χ1) is 10.4. The van der Waals surface area contributed by atoms with Crippen molar-refractivity contribution in [2.24, 2.45) is 0 Å². The van der Waals surface area contributed by atoms with Crippen LogP contribution >= 0.6 is 0 Å². The third-order valence-electron chi connectivity index (χ3n) is 2.76. The van der Waals surface area contributed by atoms with E-state index in [9.17, 15) is 9.59 Å². The van der Waals surface area contributed by atoms with Crippen LogP contribution in [-0.2, 0) is 4.74 Å². The second-order valence-corrected chi connectivity index (χ2v) is 5.80. The van der Waals surface area contributed by atoms with Crippen molar-refractivity contribution in [2.75, 3.05) is 13.1 Å². The van der Waals surface area contributed by atoms with E-state index in [1.807, 2.05) is 24.3 Å². The molecular formula is C15H20N4O3. The lowest BCUT2D eigenvalue weighted by Crippen LogP contribution is -2.38. The van der Waals surface area contributed by atoms with Crippen LogP contribution in [0, 0.1) is 0 Å².